The van der Waals surface area contributed by atoms with E-state index in [1.165, 1.54) is 6.07 Å². The first-order valence-electron chi connectivity index (χ1n) is 6.13. The van der Waals surface area contributed by atoms with Gasteiger partial charge < -0.3 is 4.52 Å². The zero-order valence-electron chi connectivity index (χ0n) is 11.3. The Bertz CT molecular complexity index is 904. The number of pyridine rings is 1. The second-order valence-electron chi connectivity index (χ2n) is 4.35. The minimum atomic E-state index is -3.73. The molecule has 3 aromatic rings. The number of hydrogen-bond acceptors (Lipinski definition) is 6. The van der Waals surface area contributed by atoms with Crippen LogP contribution in [-0.2, 0) is 10.0 Å². The topological polar surface area (TPSA) is 85.1 Å². The number of aromatic nitrogens is 2. The SMILES string of the molecule is Cc1noc(NS(=O)(=O)c2ccc(-c3ccccn3)s2)c1Br. The van der Waals surface area contributed by atoms with Crippen molar-refractivity contribution in [2.24, 2.45) is 0 Å². The second-order valence-corrected chi connectivity index (χ2v) is 8.14. The van der Waals surface area contributed by atoms with Gasteiger partial charge in [-0.05, 0) is 47.1 Å². The highest BCUT2D eigenvalue weighted by Gasteiger charge is 2.22. The van der Waals surface area contributed by atoms with Gasteiger partial charge in [-0.15, -0.1) is 11.3 Å². The van der Waals surface area contributed by atoms with Crippen molar-refractivity contribution in [2.45, 2.75) is 11.1 Å². The van der Waals surface area contributed by atoms with Gasteiger partial charge in [0.05, 0.1) is 16.3 Å². The fourth-order valence-electron chi connectivity index (χ4n) is 1.71. The molecule has 0 aliphatic carbocycles. The van der Waals surface area contributed by atoms with Crippen molar-refractivity contribution < 1.29 is 12.9 Å². The molecule has 0 amide bonds. The molecule has 0 saturated carbocycles. The molecular weight excluding hydrogens is 390 g/mol. The van der Waals surface area contributed by atoms with Gasteiger partial charge in [-0.3, -0.25) is 4.98 Å². The molecule has 0 aliphatic rings. The molecular formula is C13H10BrN3O3S2. The van der Waals surface area contributed by atoms with E-state index in [-0.39, 0.29) is 10.1 Å². The van der Waals surface area contributed by atoms with Crippen LogP contribution in [0.3, 0.4) is 0 Å². The van der Waals surface area contributed by atoms with Crippen molar-refractivity contribution in [1.29, 1.82) is 0 Å². The summed E-state index contributed by atoms with van der Waals surface area (Å²) >= 11 is 4.36. The number of nitrogens with zero attached hydrogens (tertiary/aromatic N) is 2. The van der Waals surface area contributed by atoms with Gasteiger partial charge >= 0.3 is 0 Å². The van der Waals surface area contributed by atoms with Crippen LogP contribution >= 0.6 is 27.3 Å². The third kappa shape index (κ3) is 2.92. The van der Waals surface area contributed by atoms with E-state index in [9.17, 15) is 8.42 Å². The molecule has 3 rings (SSSR count). The standard InChI is InChI=1S/C13H10BrN3O3S2/c1-8-12(14)13(20-16-8)17-22(18,19)11-6-5-10(21-11)9-4-2-3-7-15-9/h2-7,17H,1H3. The fourth-order valence-corrected chi connectivity index (χ4v) is 4.36. The van der Waals surface area contributed by atoms with Crippen molar-refractivity contribution in [2.75, 3.05) is 4.72 Å². The van der Waals surface area contributed by atoms with Crippen LogP contribution in [0.4, 0.5) is 5.88 Å². The first-order valence-corrected chi connectivity index (χ1v) is 9.22. The Hall–Kier alpha value is -1.71. The van der Waals surface area contributed by atoms with E-state index >= 15 is 0 Å². The maximum atomic E-state index is 12.4. The Morgan fingerprint density at radius 3 is 2.73 bits per heavy atom. The quantitative estimate of drug-likeness (QED) is 0.722. The smallest absolute Gasteiger partial charge is 0.273 e. The third-order valence-electron chi connectivity index (χ3n) is 2.78. The predicted molar refractivity (Wildman–Crippen MR) is 87.3 cm³/mol. The van der Waals surface area contributed by atoms with Crippen LogP contribution in [-0.4, -0.2) is 18.6 Å². The van der Waals surface area contributed by atoms with E-state index in [1.54, 1.807) is 25.3 Å². The van der Waals surface area contributed by atoms with Gasteiger partial charge in [-0.2, -0.15) is 0 Å². The largest absolute Gasteiger partial charge is 0.336 e. The minimum Gasteiger partial charge on any atom is -0.336 e. The Morgan fingerprint density at radius 2 is 2.09 bits per heavy atom. The highest BCUT2D eigenvalue weighted by Crippen LogP contribution is 2.32. The van der Waals surface area contributed by atoms with E-state index in [4.69, 9.17) is 4.52 Å². The molecule has 0 bridgehead atoms. The molecule has 0 aromatic carbocycles. The molecule has 9 heteroatoms. The highest BCUT2D eigenvalue weighted by atomic mass is 79.9. The average Bonchev–Trinajstić information content (AvgIpc) is 3.11. The second kappa shape index (κ2) is 5.82. The van der Waals surface area contributed by atoms with Crippen LogP contribution in [0.25, 0.3) is 10.6 Å². The lowest BCUT2D eigenvalue weighted by Crippen LogP contribution is -2.11. The monoisotopic (exact) mass is 399 g/mol. The lowest BCUT2D eigenvalue weighted by Gasteiger charge is -2.02. The maximum absolute atomic E-state index is 12.4. The van der Waals surface area contributed by atoms with Crippen molar-refractivity contribution in [3.8, 4) is 10.6 Å². The summed E-state index contributed by atoms with van der Waals surface area (Å²) in [4.78, 5) is 4.98. The van der Waals surface area contributed by atoms with Gasteiger partial charge in [0.1, 0.15) is 8.68 Å². The molecule has 0 saturated heterocycles. The fraction of sp³-hybridized carbons (Fsp3) is 0.0769. The third-order valence-corrected chi connectivity index (χ3v) is 6.65. The van der Waals surface area contributed by atoms with Crippen LogP contribution < -0.4 is 4.72 Å². The van der Waals surface area contributed by atoms with Crippen molar-refractivity contribution in [3.05, 3.63) is 46.7 Å². The first-order chi connectivity index (χ1) is 10.5. The van der Waals surface area contributed by atoms with Crippen LogP contribution in [0.15, 0.2) is 49.7 Å². The minimum absolute atomic E-state index is 0.0605. The summed E-state index contributed by atoms with van der Waals surface area (Å²) in [5.41, 5.74) is 1.30. The summed E-state index contributed by atoms with van der Waals surface area (Å²) in [6, 6.07) is 8.74. The first kappa shape index (κ1) is 15.2. The Kier molecular flexibility index (Phi) is 4.02. The zero-order chi connectivity index (χ0) is 15.7. The predicted octanol–water partition coefficient (Wildman–Crippen LogP) is 3.67. The normalized spacial score (nSPS) is 11.5. The molecule has 114 valence electrons. The number of sulfonamides is 1. The van der Waals surface area contributed by atoms with E-state index in [0.717, 1.165) is 21.9 Å². The van der Waals surface area contributed by atoms with Gasteiger partial charge in [-0.25, -0.2) is 13.1 Å². The molecule has 0 aliphatic heterocycles. The van der Waals surface area contributed by atoms with E-state index in [2.05, 4.69) is 30.8 Å². The molecule has 22 heavy (non-hydrogen) atoms. The van der Waals surface area contributed by atoms with Gasteiger partial charge in [0, 0.05) is 6.20 Å². The average molecular weight is 400 g/mol. The number of halogens is 1. The summed E-state index contributed by atoms with van der Waals surface area (Å²) < 4.78 is 32.7. The number of thiophene rings is 1. The number of rotatable bonds is 4. The van der Waals surface area contributed by atoms with Gasteiger partial charge in [0.15, 0.2) is 0 Å². The molecule has 3 aromatic heterocycles. The van der Waals surface area contributed by atoms with Crippen LogP contribution in [0.5, 0.6) is 0 Å². The van der Waals surface area contributed by atoms with Crippen LogP contribution in [0, 0.1) is 6.92 Å². The van der Waals surface area contributed by atoms with Crippen molar-refractivity contribution >= 4 is 43.2 Å². The molecule has 0 radical (unpaired) electrons. The lowest BCUT2D eigenvalue weighted by molar-refractivity contribution is 0.430. The molecule has 0 atom stereocenters. The molecule has 0 spiro atoms. The van der Waals surface area contributed by atoms with Crippen molar-refractivity contribution in [1.82, 2.24) is 10.1 Å². The van der Waals surface area contributed by atoms with E-state index in [1.807, 2.05) is 12.1 Å². The molecule has 3 heterocycles. The lowest BCUT2D eigenvalue weighted by atomic mass is 10.3. The molecule has 0 unspecified atom stereocenters. The number of hydrogen-bond donors (Lipinski definition) is 1. The molecule has 1 N–H and O–H groups in total. The van der Waals surface area contributed by atoms with Gasteiger partial charge in [-0.1, -0.05) is 11.2 Å². The maximum Gasteiger partial charge on any atom is 0.273 e. The summed E-state index contributed by atoms with van der Waals surface area (Å²) in [7, 11) is -3.73. The summed E-state index contributed by atoms with van der Waals surface area (Å²) in [5.74, 6) is 0.0605. The van der Waals surface area contributed by atoms with Gasteiger partial charge in [0.2, 0.25) is 0 Å². The van der Waals surface area contributed by atoms with Crippen LogP contribution in [0.2, 0.25) is 0 Å². The van der Waals surface area contributed by atoms with Crippen molar-refractivity contribution in [3.63, 3.8) is 0 Å². The van der Waals surface area contributed by atoms with E-state index in [0.29, 0.717) is 10.2 Å². The number of aryl methyl sites for hydroxylation is 1. The zero-order valence-corrected chi connectivity index (χ0v) is 14.5. The molecule has 0 fully saturated rings. The molecule has 6 nitrogen and oxygen atoms in total. The number of nitrogens with one attached hydrogen (secondary N) is 1. The van der Waals surface area contributed by atoms with Crippen LogP contribution in [0.1, 0.15) is 5.69 Å². The summed E-state index contributed by atoms with van der Waals surface area (Å²) in [6.45, 7) is 1.70. The number of anilines is 1. The summed E-state index contributed by atoms with van der Waals surface area (Å²) in [5, 5.41) is 3.69. The van der Waals surface area contributed by atoms with Gasteiger partial charge in [0.25, 0.3) is 15.9 Å². The highest BCUT2D eigenvalue weighted by molar-refractivity contribution is 9.10. The Morgan fingerprint density at radius 1 is 1.27 bits per heavy atom. The Labute approximate surface area is 139 Å². The van der Waals surface area contributed by atoms with E-state index < -0.39 is 10.0 Å². The summed E-state index contributed by atoms with van der Waals surface area (Å²) in [6.07, 6.45) is 1.66. The Balaban J connectivity index is 1.90.